The maximum absolute atomic E-state index is 11.3. The molecule has 0 amide bonds. The zero-order valence-electron chi connectivity index (χ0n) is 18.6. The van der Waals surface area contributed by atoms with Gasteiger partial charge in [-0.05, 0) is 94.5 Å². The Hall–Kier alpha value is -4.18. The van der Waals surface area contributed by atoms with Crippen molar-refractivity contribution in [2.75, 3.05) is 0 Å². The maximum atomic E-state index is 11.3. The minimum absolute atomic E-state index is 0.273. The summed E-state index contributed by atoms with van der Waals surface area (Å²) in [5.74, 6) is -1.87. The van der Waals surface area contributed by atoms with Crippen LogP contribution in [0.3, 0.4) is 0 Å². The van der Waals surface area contributed by atoms with Crippen LogP contribution in [0.2, 0.25) is 0 Å². The fourth-order valence-corrected chi connectivity index (χ4v) is 4.66. The van der Waals surface area contributed by atoms with E-state index in [-0.39, 0.29) is 11.1 Å². The first-order valence-corrected chi connectivity index (χ1v) is 11.4. The lowest BCUT2D eigenvalue weighted by molar-refractivity contribution is 0.0686. The molecule has 4 heteroatoms. The van der Waals surface area contributed by atoms with E-state index < -0.39 is 11.9 Å². The SMILES string of the molecule is O=C(O)c1ccc(-c2cc3c(-c4ccc(C(=O)O)cc4)cc2CCc2ccc(cc2)CC3)cc1. The number of carboxylic acid groups (broad SMARTS) is 2. The van der Waals surface area contributed by atoms with E-state index in [0.29, 0.717) is 0 Å². The van der Waals surface area contributed by atoms with Gasteiger partial charge in [-0.3, -0.25) is 0 Å². The van der Waals surface area contributed by atoms with Gasteiger partial charge in [-0.2, -0.15) is 0 Å². The fourth-order valence-electron chi connectivity index (χ4n) is 4.66. The second-order valence-electron chi connectivity index (χ2n) is 8.75. The van der Waals surface area contributed by atoms with Crippen molar-refractivity contribution >= 4 is 11.9 Å². The van der Waals surface area contributed by atoms with Gasteiger partial charge in [0.1, 0.15) is 0 Å². The van der Waals surface area contributed by atoms with Crippen molar-refractivity contribution in [1.82, 2.24) is 0 Å². The molecule has 2 N–H and O–H groups in total. The van der Waals surface area contributed by atoms with Gasteiger partial charge in [-0.25, -0.2) is 9.59 Å². The first-order chi connectivity index (χ1) is 16.5. The van der Waals surface area contributed by atoms with Gasteiger partial charge in [0, 0.05) is 0 Å². The smallest absolute Gasteiger partial charge is 0.335 e. The largest absolute Gasteiger partial charge is 0.478 e. The lowest BCUT2D eigenvalue weighted by Gasteiger charge is -2.19. The summed E-state index contributed by atoms with van der Waals surface area (Å²) in [4.78, 5) is 22.6. The molecule has 8 rings (SSSR count). The van der Waals surface area contributed by atoms with E-state index in [4.69, 9.17) is 0 Å². The number of benzene rings is 4. The van der Waals surface area contributed by atoms with E-state index in [0.717, 1.165) is 47.9 Å². The van der Waals surface area contributed by atoms with E-state index in [1.54, 1.807) is 24.3 Å². The highest BCUT2D eigenvalue weighted by Gasteiger charge is 2.16. The van der Waals surface area contributed by atoms with Gasteiger partial charge >= 0.3 is 11.9 Å². The molecule has 0 unspecified atom stereocenters. The summed E-state index contributed by atoms with van der Waals surface area (Å²) in [5.41, 5.74) is 9.73. The molecule has 4 nitrogen and oxygen atoms in total. The van der Waals surface area contributed by atoms with Crippen LogP contribution in [0.1, 0.15) is 43.0 Å². The topological polar surface area (TPSA) is 74.6 Å². The van der Waals surface area contributed by atoms with Gasteiger partial charge in [0.2, 0.25) is 0 Å². The predicted octanol–water partition coefficient (Wildman–Crippen LogP) is 6.30. The lowest BCUT2D eigenvalue weighted by Crippen LogP contribution is -2.03. The number of hydrogen-bond donors (Lipinski definition) is 2. The summed E-state index contributed by atoms with van der Waals surface area (Å²) in [6.07, 6.45) is 3.49. The second kappa shape index (κ2) is 8.99. The first-order valence-electron chi connectivity index (χ1n) is 11.4. The molecule has 4 aliphatic carbocycles. The third kappa shape index (κ3) is 4.35. The molecule has 4 bridgehead atoms. The van der Waals surface area contributed by atoms with Gasteiger partial charge in [-0.1, -0.05) is 60.7 Å². The van der Waals surface area contributed by atoms with Gasteiger partial charge in [0.05, 0.1) is 11.1 Å². The molecule has 4 aromatic carbocycles. The zero-order valence-corrected chi connectivity index (χ0v) is 18.6. The number of carbonyl (C=O) groups is 2. The molecule has 4 aromatic rings. The van der Waals surface area contributed by atoms with Crippen molar-refractivity contribution in [3.8, 4) is 22.3 Å². The van der Waals surface area contributed by atoms with Crippen LogP contribution in [-0.4, -0.2) is 22.2 Å². The van der Waals surface area contributed by atoms with Crippen molar-refractivity contribution in [2.45, 2.75) is 25.7 Å². The highest BCUT2D eigenvalue weighted by Crippen LogP contribution is 2.35. The summed E-state index contributed by atoms with van der Waals surface area (Å²) >= 11 is 0. The molecule has 0 aliphatic heterocycles. The Bertz CT molecular complexity index is 1260. The Labute approximate surface area is 198 Å². The van der Waals surface area contributed by atoms with Gasteiger partial charge in [0.25, 0.3) is 0 Å². The zero-order chi connectivity index (χ0) is 23.7. The predicted molar refractivity (Wildman–Crippen MR) is 132 cm³/mol. The molecule has 0 heterocycles. The van der Waals surface area contributed by atoms with Crippen molar-refractivity contribution in [3.05, 3.63) is 118 Å². The molecular weight excluding hydrogens is 424 g/mol. The Balaban J connectivity index is 1.65. The van der Waals surface area contributed by atoms with Crippen molar-refractivity contribution in [2.24, 2.45) is 0 Å². The second-order valence-corrected chi connectivity index (χ2v) is 8.75. The minimum atomic E-state index is -0.933. The Morgan fingerprint density at radius 2 is 0.853 bits per heavy atom. The fraction of sp³-hybridized carbons (Fsp3) is 0.133. The third-order valence-electron chi connectivity index (χ3n) is 6.60. The minimum Gasteiger partial charge on any atom is -0.478 e. The van der Waals surface area contributed by atoms with Crippen LogP contribution in [-0.2, 0) is 25.7 Å². The Kier molecular flexibility index (Phi) is 5.72. The Morgan fingerprint density at radius 3 is 1.18 bits per heavy atom. The molecule has 168 valence electrons. The van der Waals surface area contributed by atoms with Crippen LogP contribution >= 0.6 is 0 Å². The molecule has 0 spiro atoms. The summed E-state index contributed by atoms with van der Waals surface area (Å²) in [6, 6.07) is 27.4. The van der Waals surface area contributed by atoms with E-state index >= 15 is 0 Å². The molecule has 0 saturated heterocycles. The quantitative estimate of drug-likeness (QED) is 0.384. The van der Waals surface area contributed by atoms with E-state index in [1.807, 2.05) is 24.3 Å². The molecule has 4 aliphatic rings. The van der Waals surface area contributed by atoms with E-state index in [9.17, 15) is 19.8 Å². The monoisotopic (exact) mass is 448 g/mol. The van der Waals surface area contributed by atoms with Crippen molar-refractivity contribution in [3.63, 3.8) is 0 Å². The summed E-state index contributed by atoms with van der Waals surface area (Å²) in [7, 11) is 0. The van der Waals surface area contributed by atoms with Crippen LogP contribution in [0.25, 0.3) is 22.3 Å². The average Bonchev–Trinajstić information content (AvgIpc) is 2.85. The number of hydrogen-bond acceptors (Lipinski definition) is 2. The van der Waals surface area contributed by atoms with Gasteiger partial charge < -0.3 is 10.2 Å². The first kappa shape index (κ1) is 21.7. The van der Waals surface area contributed by atoms with E-state index in [1.165, 1.54) is 22.3 Å². The molecule has 0 radical (unpaired) electrons. The lowest BCUT2D eigenvalue weighted by atomic mass is 9.85. The third-order valence-corrected chi connectivity index (χ3v) is 6.60. The van der Waals surface area contributed by atoms with Crippen LogP contribution in [0, 0.1) is 0 Å². The summed E-state index contributed by atoms with van der Waals surface area (Å²) in [6.45, 7) is 0. The maximum Gasteiger partial charge on any atom is 0.335 e. The number of aromatic carboxylic acids is 2. The molecule has 0 aromatic heterocycles. The standard InChI is InChI=1S/C30H24O4/c31-29(32)23-13-9-21(10-14-23)27-18-26-8-6-20-2-1-19(3-4-20)5-7-25(27)17-28(26)22-11-15-24(16-12-22)30(33)34/h1-4,9-18H,5-8H2,(H,31,32)(H,33,34). The Morgan fingerprint density at radius 1 is 0.500 bits per heavy atom. The van der Waals surface area contributed by atoms with Crippen molar-refractivity contribution in [1.29, 1.82) is 0 Å². The van der Waals surface area contributed by atoms with Crippen LogP contribution in [0.4, 0.5) is 0 Å². The summed E-state index contributed by atoms with van der Waals surface area (Å²) in [5, 5.41) is 18.6. The van der Waals surface area contributed by atoms with Gasteiger partial charge in [0.15, 0.2) is 0 Å². The molecular formula is C30H24O4. The van der Waals surface area contributed by atoms with E-state index in [2.05, 4.69) is 36.4 Å². The molecule has 0 saturated carbocycles. The van der Waals surface area contributed by atoms with Crippen LogP contribution in [0.5, 0.6) is 0 Å². The molecule has 34 heavy (non-hydrogen) atoms. The average molecular weight is 449 g/mol. The van der Waals surface area contributed by atoms with Gasteiger partial charge in [-0.15, -0.1) is 0 Å². The highest BCUT2D eigenvalue weighted by molar-refractivity contribution is 5.89. The summed E-state index contributed by atoms with van der Waals surface area (Å²) < 4.78 is 0. The van der Waals surface area contributed by atoms with Crippen LogP contribution in [0.15, 0.2) is 84.9 Å². The molecule has 0 atom stereocenters. The normalized spacial score (nSPS) is 12.7. The highest BCUT2D eigenvalue weighted by atomic mass is 16.4. The number of aryl methyl sites for hydroxylation is 4. The van der Waals surface area contributed by atoms with Crippen LogP contribution < -0.4 is 0 Å². The number of rotatable bonds is 4. The number of carboxylic acids is 2. The molecule has 0 fully saturated rings. The van der Waals surface area contributed by atoms with Crippen molar-refractivity contribution < 1.29 is 19.8 Å².